The average Bonchev–Trinajstić information content (AvgIpc) is 2.82. The van der Waals surface area contributed by atoms with E-state index in [-0.39, 0.29) is 29.2 Å². The first-order chi connectivity index (χ1) is 16.8. The second-order valence-corrected chi connectivity index (χ2v) is 8.26. The van der Waals surface area contributed by atoms with Crippen molar-refractivity contribution in [2.24, 2.45) is 0 Å². The van der Waals surface area contributed by atoms with Crippen molar-refractivity contribution in [2.75, 3.05) is 11.1 Å². The number of fused-ring (bicyclic) bond motifs is 1. The molecule has 4 aromatic rings. The van der Waals surface area contributed by atoms with Crippen LogP contribution in [0.1, 0.15) is 29.3 Å². The molecule has 0 amide bonds. The number of nitrogens with two attached hydrogens (primary N) is 1. The van der Waals surface area contributed by atoms with Gasteiger partial charge in [0.05, 0.1) is 23.2 Å². The Morgan fingerprint density at radius 2 is 1.91 bits per heavy atom. The van der Waals surface area contributed by atoms with E-state index in [1.165, 1.54) is 13.3 Å². The van der Waals surface area contributed by atoms with E-state index >= 15 is 0 Å². The number of anilines is 2. The number of hydrogen-bond acceptors (Lipinski definition) is 7. The number of nitrogens with zero attached hydrogens (tertiary/aromatic N) is 3. The van der Waals surface area contributed by atoms with Gasteiger partial charge in [-0.15, -0.1) is 0 Å². The Balaban J connectivity index is 1.83. The molecule has 0 radical (unpaired) electrons. The summed E-state index contributed by atoms with van der Waals surface area (Å²) in [4.78, 5) is 22.0. The molecule has 35 heavy (non-hydrogen) atoms. The molecule has 0 saturated heterocycles. The van der Waals surface area contributed by atoms with Gasteiger partial charge in [0.15, 0.2) is 0 Å². The lowest BCUT2D eigenvalue weighted by atomic mass is 10.1. The monoisotopic (exact) mass is 466 g/mol. The van der Waals surface area contributed by atoms with Crippen molar-refractivity contribution in [1.29, 1.82) is 5.41 Å². The number of nitrogen functional groups attached to an aromatic ring is 1. The van der Waals surface area contributed by atoms with E-state index in [0.29, 0.717) is 16.9 Å². The lowest BCUT2D eigenvalue weighted by Gasteiger charge is -2.18. The van der Waals surface area contributed by atoms with Crippen LogP contribution in [0.15, 0.2) is 59.7 Å². The molecule has 1 atom stereocenters. The van der Waals surface area contributed by atoms with Crippen LogP contribution in [0.4, 0.5) is 11.6 Å². The molecule has 2 heterocycles. The van der Waals surface area contributed by atoms with Crippen LogP contribution in [0.2, 0.25) is 0 Å². The van der Waals surface area contributed by atoms with Crippen molar-refractivity contribution in [3.63, 3.8) is 0 Å². The Labute approximate surface area is 203 Å². The van der Waals surface area contributed by atoms with E-state index in [0.717, 1.165) is 22.2 Å². The standard InChI is InChI=1S/C27H26N6O2/c1-16-7-4-5-10-22(16)33-20(13-19-9-6-8-17(2)23(19)27(33)35)14-30-26-24(25(29)31-15-32-26)21(28)12-11-18(3)34/h4-10,13,15,18,28,34H,14H2,1-3H3,(H3,29,30,31,32)/t18-/m0/s1. The maximum Gasteiger partial charge on any atom is 0.263 e. The topological polar surface area (TPSA) is 130 Å². The maximum atomic E-state index is 13.7. The molecule has 8 nitrogen and oxygen atoms in total. The van der Waals surface area contributed by atoms with Crippen LogP contribution >= 0.6 is 0 Å². The second-order valence-electron chi connectivity index (χ2n) is 8.26. The molecule has 0 aliphatic rings. The van der Waals surface area contributed by atoms with Gasteiger partial charge in [-0.25, -0.2) is 9.97 Å². The molecular formula is C27H26N6O2. The Bertz CT molecular complexity index is 1560. The molecule has 0 aliphatic heterocycles. The third kappa shape index (κ3) is 4.76. The van der Waals surface area contributed by atoms with E-state index in [9.17, 15) is 9.90 Å². The Kier molecular flexibility index (Phi) is 6.62. The van der Waals surface area contributed by atoms with Gasteiger partial charge in [-0.1, -0.05) is 42.3 Å². The summed E-state index contributed by atoms with van der Waals surface area (Å²) in [5.41, 5.74) is 9.43. The van der Waals surface area contributed by atoms with Crippen molar-refractivity contribution in [2.45, 2.75) is 33.4 Å². The molecule has 4 rings (SSSR count). The van der Waals surface area contributed by atoms with Crippen LogP contribution in [0.25, 0.3) is 16.5 Å². The predicted octanol–water partition coefficient (Wildman–Crippen LogP) is 3.34. The molecule has 176 valence electrons. The first-order valence-electron chi connectivity index (χ1n) is 11.1. The minimum absolute atomic E-state index is 0.0952. The number of benzene rings is 2. The SMILES string of the molecule is Cc1ccccc1-n1c(CNc2ncnc(N)c2C(=N)C#C[C@H](C)O)cc2cccc(C)c2c1=O. The van der Waals surface area contributed by atoms with Gasteiger partial charge < -0.3 is 16.2 Å². The van der Waals surface area contributed by atoms with Gasteiger partial charge in [0, 0.05) is 5.69 Å². The molecule has 0 unspecified atom stereocenters. The zero-order valence-electron chi connectivity index (χ0n) is 19.8. The van der Waals surface area contributed by atoms with Gasteiger partial charge in [0.25, 0.3) is 5.56 Å². The maximum absolute atomic E-state index is 13.7. The molecule has 2 aromatic heterocycles. The molecule has 0 aliphatic carbocycles. The first-order valence-corrected chi connectivity index (χ1v) is 11.1. The zero-order valence-corrected chi connectivity index (χ0v) is 19.8. The summed E-state index contributed by atoms with van der Waals surface area (Å²) in [6.45, 7) is 5.64. The van der Waals surface area contributed by atoms with Gasteiger partial charge in [0.1, 0.15) is 29.8 Å². The molecule has 8 heteroatoms. The van der Waals surface area contributed by atoms with Crippen molar-refractivity contribution in [3.8, 4) is 17.5 Å². The van der Waals surface area contributed by atoms with E-state index < -0.39 is 6.10 Å². The highest BCUT2D eigenvalue weighted by atomic mass is 16.3. The number of pyridine rings is 1. The second kappa shape index (κ2) is 9.79. The van der Waals surface area contributed by atoms with Gasteiger partial charge in [-0.2, -0.15) is 0 Å². The summed E-state index contributed by atoms with van der Waals surface area (Å²) in [7, 11) is 0. The molecule has 2 aromatic carbocycles. The minimum atomic E-state index is -0.887. The van der Waals surface area contributed by atoms with Crippen LogP contribution in [0, 0.1) is 31.1 Å². The summed E-state index contributed by atoms with van der Waals surface area (Å²) < 4.78 is 1.71. The van der Waals surface area contributed by atoms with E-state index in [1.54, 1.807) is 4.57 Å². The van der Waals surface area contributed by atoms with Gasteiger partial charge in [-0.05, 0) is 55.3 Å². The van der Waals surface area contributed by atoms with Gasteiger partial charge >= 0.3 is 0 Å². The average molecular weight is 467 g/mol. The van der Waals surface area contributed by atoms with Crippen LogP contribution in [0.3, 0.4) is 0 Å². The number of aliphatic hydroxyl groups is 1. The van der Waals surface area contributed by atoms with Crippen LogP contribution in [-0.4, -0.2) is 31.5 Å². The number of aliphatic hydroxyl groups excluding tert-OH is 1. The van der Waals surface area contributed by atoms with E-state index in [1.807, 2.05) is 62.4 Å². The van der Waals surface area contributed by atoms with Crippen LogP contribution in [0.5, 0.6) is 0 Å². The highest BCUT2D eigenvalue weighted by Crippen LogP contribution is 2.23. The van der Waals surface area contributed by atoms with Gasteiger partial charge in [0.2, 0.25) is 0 Å². The number of para-hydroxylation sites is 1. The first kappa shape index (κ1) is 23.7. The summed E-state index contributed by atoms with van der Waals surface area (Å²) >= 11 is 0. The third-order valence-corrected chi connectivity index (χ3v) is 5.66. The predicted molar refractivity (Wildman–Crippen MR) is 139 cm³/mol. The quantitative estimate of drug-likeness (QED) is 0.264. The number of aryl methyl sites for hydroxylation is 2. The normalized spacial score (nSPS) is 11.5. The highest BCUT2D eigenvalue weighted by Gasteiger charge is 2.17. The fourth-order valence-electron chi connectivity index (χ4n) is 3.99. The highest BCUT2D eigenvalue weighted by molar-refractivity contribution is 6.16. The fraction of sp³-hybridized carbons (Fsp3) is 0.185. The summed E-state index contributed by atoms with van der Waals surface area (Å²) in [5, 5.41) is 22.5. The smallest absolute Gasteiger partial charge is 0.263 e. The summed E-state index contributed by atoms with van der Waals surface area (Å²) in [6.07, 6.45) is 0.413. The zero-order chi connectivity index (χ0) is 25.1. The summed E-state index contributed by atoms with van der Waals surface area (Å²) in [6, 6.07) is 15.5. The molecule has 5 N–H and O–H groups in total. The lowest BCUT2D eigenvalue weighted by Crippen LogP contribution is -2.25. The minimum Gasteiger partial charge on any atom is -0.383 e. The molecule has 0 spiro atoms. The van der Waals surface area contributed by atoms with Crippen LogP contribution < -0.4 is 16.6 Å². The van der Waals surface area contributed by atoms with E-state index in [4.69, 9.17) is 11.1 Å². The van der Waals surface area contributed by atoms with Crippen molar-refractivity contribution >= 4 is 28.1 Å². The number of rotatable bonds is 5. The Hall–Kier alpha value is -4.48. The van der Waals surface area contributed by atoms with Crippen molar-refractivity contribution in [3.05, 3.63) is 87.6 Å². The van der Waals surface area contributed by atoms with E-state index in [2.05, 4.69) is 27.1 Å². The summed E-state index contributed by atoms with van der Waals surface area (Å²) in [5.74, 6) is 5.54. The van der Waals surface area contributed by atoms with Gasteiger partial charge in [-0.3, -0.25) is 14.8 Å². The Morgan fingerprint density at radius 1 is 1.17 bits per heavy atom. The third-order valence-electron chi connectivity index (χ3n) is 5.66. The van der Waals surface area contributed by atoms with Crippen molar-refractivity contribution < 1.29 is 5.11 Å². The lowest BCUT2D eigenvalue weighted by molar-refractivity contribution is 0.253. The number of hydrogen-bond donors (Lipinski definition) is 4. The molecular weight excluding hydrogens is 440 g/mol. The molecule has 0 bridgehead atoms. The fourth-order valence-corrected chi connectivity index (χ4v) is 3.99. The molecule has 0 fully saturated rings. The number of aromatic nitrogens is 3. The van der Waals surface area contributed by atoms with Crippen molar-refractivity contribution in [1.82, 2.24) is 14.5 Å². The van der Waals surface area contributed by atoms with Crippen LogP contribution in [-0.2, 0) is 6.54 Å². The number of nitrogens with one attached hydrogen (secondary N) is 2. The Morgan fingerprint density at radius 3 is 2.66 bits per heavy atom. The largest absolute Gasteiger partial charge is 0.383 e. The molecule has 0 saturated carbocycles.